The lowest BCUT2D eigenvalue weighted by molar-refractivity contribution is -0.125. The van der Waals surface area contributed by atoms with E-state index in [0.717, 1.165) is 5.69 Å². The van der Waals surface area contributed by atoms with Gasteiger partial charge in [-0.2, -0.15) is 0 Å². The number of ether oxygens (including phenoxy) is 1. The summed E-state index contributed by atoms with van der Waals surface area (Å²) in [5, 5.41) is 2.64. The van der Waals surface area contributed by atoms with E-state index in [4.69, 9.17) is 4.74 Å². The van der Waals surface area contributed by atoms with Crippen molar-refractivity contribution in [2.75, 3.05) is 23.9 Å². The summed E-state index contributed by atoms with van der Waals surface area (Å²) < 4.78 is 4.89. The SMILES string of the molecule is CCOC(=O)c1ccc(NC(=O)CC(=O)N(C)c2ccccc2)cc1. The molecule has 130 valence electrons. The molecule has 0 atom stereocenters. The van der Waals surface area contributed by atoms with Crippen LogP contribution in [-0.2, 0) is 14.3 Å². The van der Waals surface area contributed by atoms with Crippen molar-refractivity contribution in [1.82, 2.24) is 0 Å². The largest absolute Gasteiger partial charge is 0.462 e. The molecule has 0 bridgehead atoms. The Hall–Kier alpha value is -3.15. The van der Waals surface area contributed by atoms with Gasteiger partial charge < -0.3 is 15.0 Å². The van der Waals surface area contributed by atoms with Crippen LogP contribution >= 0.6 is 0 Å². The third-order valence-electron chi connectivity index (χ3n) is 3.51. The fourth-order valence-electron chi connectivity index (χ4n) is 2.16. The Labute approximate surface area is 146 Å². The first-order valence-electron chi connectivity index (χ1n) is 7.90. The van der Waals surface area contributed by atoms with Gasteiger partial charge in [0.2, 0.25) is 11.8 Å². The molecule has 2 rings (SSSR count). The smallest absolute Gasteiger partial charge is 0.338 e. The highest BCUT2D eigenvalue weighted by Gasteiger charge is 2.15. The predicted octanol–water partition coefficient (Wildman–Crippen LogP) is 2.85. The summed E-state index contributed by atoms with van der Waals surface area (Å²) in [6, 6.07) is 15.4. The molecule has 0 fully saturated rings. The highest BCUT2D eigenvalue weighted by molar-refractivity contribution is 6.08. The van der Waals surface area contributed by atoms with E-state index in [1.54, 1.807) is 50.4 Å². The van der Waals surface area contributed by atoms with Crippen LogP contribution in [0.4, 0.5) is 11.4 Å². The van der Waals surface area contributed by atoms with Crippen molar-refractivity contribution in [3.05, 3.63) is 60.2 Å². The van der Waals surface area contributed by atoms with Crippen molar-refractivity contribution >= 4 is 29.2 Å². The number of benzene rings is 2. The average Bonchev–Trinajstić information content (AvgIpc) is 2.62. The molecule has 0 aliphatic heterocycles. The number of anilines is 2. The standard InChI is InChI=1S/C19H20N2O4/c1-3-25-19(24)14-9-11-15(12-10-14)20-17(22)13-18(23)21(2)16-7-5-4-6-8-16/h4-12H,3,13H2,1-2H3,(H,20,22). The first-order chi connectivity index (χ1) is 12.0. The molecule has 2 amide bonds. The Morgan fingerprint density at radius 3 is 2.24 bits per heavy atom. The number of amides is 2. The molecule has 25 heavy (non-hydrogen) atoms. The molecule has 0 unspecified atom stereocenters. The van der Waals surface area contributed by atoms with Crippen LogP contribution in [0, 0.1) is 0 Å². The summed E-state index contributed by atoms with van der Waals surface area (Å²) in [4.78, 5) is 37.2. The lowest BCUT2D eigenvalue weighted by Gasteiger charge is -2.17. The second-order valence-corrected chi connectivity index (χ2v) is 5.31. The molecule has 0 spiro atoms. The minimum atomic E-state index is -0.420. The first kappa shape index (κ1) is 18.2. The zero-order chi connectivity index (χ0) is 18.2. The highest BCUT2D eigenvalue weighted by Crippen LogP contribution is 2.14. The number of rotatable bonds is 6. The van der Waals surface area contributed by atoms with Gasteiger partial charge in [0.15, 0.2) is 0 Å². The molecule has 0 aliphatic rings. The molecule has 0 aromatic heterocycles. The van der Waals surface area contributed by atoms with Gasteiger partial charge in [0, 0.05) is 18.4 Å². The molecule has 6 nitrogen and oxygen atoms in total. The summed E-state index contributed by atoms with van der Waals surface area (Å²) >= 11 is 0. The van der Waals surface area contributed by atoms with Crippen molar-refractivity contribution in [2.45, 2.75) is 13.3 Å². The van der Waals surface area contributed by atoms with E-state index in [1.807, 2.05) is 18.2 Å². The van der Waals surface area contributed by atoms with Gasteiger partial charge in [0.1, 0.15) is 6.42 Å². The number of hydrogen-bond donors (Lipinski definition) is 1. The second kappa shape index (κ2) is 8.63. The maximum atomic E-state index is 12.2. The molecule has 0 heterocycles. The molecule has 0 saturated carbocycles. The van der Waals surface area contributed by atoms with E-state index < -0.39 is 11.9 Å². The third kappa shape index (κ3) is 5.17. The van der Waals surface area contributed by atoms with Gasteiger partial charge in [-0.1, -0.05) is 18.2 Å². The molecule has 2 aromatic carbocycles. The molecule has 1 N–H and O–H groups in total. The van der Waals surface area contributed by atoms with Crippen molar-refractivity contribution in [3.8, 4) is 0 Å². The van der Waals surface area contributed by atoms with Gasteiger partial charge in [0.05, 0.1) is 12.2 Å². The van der Waals surface area contributed by atoms with Gasteiger partial charge in [-0.3, -0.25) is 9.59 Å². The lowest BCUT2D eigenvalue weighted by Crippen LogP contribution is -2.30. The van der Waals surface area contributed by atoms with Crippen molar-refractivity contribution in [2.24, 2.45) is 0 Å². The van der Waals surface area contributed by atoms with Crippen LogP contribution in [0.15, 0.2) is 54.6 Å². The van der Waals surface area contributed by atoms with Gasteiger partial charge in [-0.25, -0.2) is 4.79 Å². The van der Waals surface area contributed by atoms with Crippen molar-refractivity contribution in [3.63, 3.8) is 0 Å². The van der Waals surface area contributed by atoms with Gasteiger partial charge in [-0.05, 0) is 43.3 Å². The van der Waals surface area contributed by atoms with E-state index in [1.165, 1.54) is 4.90 Å². The van der Waals surface area contributed by atoms with Crippen LogP contribution in [0.5, 0.6) is 0 Å². The maximum absolute atomic E-state index is 12.2. The summed E-state index contributed by atoms with van der Waals surface area (Å²) in [6.45, 7) is 2.03. The normalized spacial score (nSPS) is 10.0. The molecule has 0 radical (unpaired) electrons. The van der Waals surface area contributed by atoms with Crippen LogP contribution in [0.25, 0.3) is 0 Å². The highest BCUT2D eigenvalue weighted by atomic mass is 16.5. The Kier molecular flexibility index (Phi) is 6.28. The fourth-order valence-corrected chi connectivity index (χ4v) is 2.16. The van der Waals surface area contributed by atoms with Gasteiger partial charge in [-0.15, -0.1) is 0 Å². The van der Waals surface area contributed by atoms with Crippen LogP contribution in [-0.4, -0.2) is 31.4 Å². The number of nitrogens with zero attached hydrogens (tertiary/aromatic N) is 1. The molecule has 2 aromatic rings. The summed E-state index contributed by atoms with van der Waals surface area (Å²) in [5.41, 5.74) is 1.63. The van der Waals surface area contributed by atoms with Crippen LogP contribution in [0.2, 0.25) is 0 Å². The zero-order valence-corrected chi connectivity index (χ0v) is 14.2. The Bertz CT molecular complexity index is 742. The number of carbonyl (C=O) groups excluding carboxylic acids is 3. The number of nitrogens with one attached hydrogen (secondary N) is 1. The summed E-state index contributed by atoms with van der Waals surface area (Å²) in [6.07, 6.45) is -0.273. The summed E-state index contributed by atoms with van der Waals surface area (Å²) in [7, 11) is 1.62. The minimum absolute atomic E-state index is 0.273. The molecule has 6 heteroatoms. The average molecular weight is 340 g/mol. The van der Waals surface area contributed by atoms with Crippen molar-refractivity contribution in [1.29, 1.82) is 0 Å². The maximum Gasteiger partial charge on any atom is 0.338 e. The molecular weight excluding hydrogens is 320 g/mol. The van der Waals surface area contributed by atoms with Crippen LogP contribution in [0.3, 0.4) is 0 Å². The second-order valence-electron chi connectivity index (χ2n) is 5.31. The quantitative estimate of drug-likeness (QED) is 0.648. The Balaban J connectivity index is 1.91. The topological polar surface area (TPSA) is 75.7 Å². The zero-order valence-electron chi connectivity index (χ0n) is 14.2. The van der Waals surface area contributed by atoms with E-state index >= 15 is 0 Å². The van der Waals surface area contributed by atoms with Gasteiger partial charge in [0.25, 0.3) is 0 Å². The Morgan fingerprint density at radius 2 is 1.64 bits per heavy atom. The van der Waals surface area contributed by atoms with Gasteiger partial charge >= 0.3 is 5.97 Å². The van der Waals surface area contributed by atoms with Crippen LogP contribution in [0.1, 0.15) is 23.7 Å². The number of carbonyl (C=O) groups is 3. The van der Waals surface area contributed by atoms with E-state index in [-0.39, 0.29) is 12.3 Å². The number of para-hydroxylation sites is 1. The molecule has 0 saturated heterocycles. The van der Waals surface area contributed by atoms with Crippen LogP contribution < -0.4 is 10.2 Å². The summed E-state index contributed by atoms with van der Waals surface area (Å²) in [5.74, 6) is -1.15. The third-order valence-corrected chi connectivity index (χ3v) is 3.51. The lowest BCUT2D eigenvalue weighted by atomic mass is 10.2. The van der Waals surface area contributed by atoms with E-state index in [0.29, 0.717) is 17.9 Å². The fraction of sp³-hybridized carbons (Fsp3) is 0.211. The Morgan fingerprint density at radius 1 is 1.00 bits per heavy atom. The molecular formula is C19H20N2O4. The van der Waals surface area contributed by atoms with E-state index in [2.05, 4.69) is 5.32 Å². The van der Waals surface area contributed by atoms with Crippen molar-refractivity contribution < 1.29 is 19.1 Å². The number of esters is 1. The monoisotopic (exact) mass is 340 g/mol. The minimum Gasteiger partial charge on any atom is -0.462 e. The first-order valence-corrected chi connectivity index (χ1v) is 7.90. The van der Waals surface area contributed by atoms with E-state index in [9.17, 15) is 14.4 Å². The molecule has 0 aliphatic carbocycles. The predicted molar refractivity (Wildman–Crippen MR) is 95.5 cm³/mol. The number of hydrogen-bond acceptors (Lipinski definition) is 4.